The summed E-state index contributed by atoms with van der Waals surface area (Å²) < 4.78 is 0. The van der Waals surface area contributed by atoms with Crippen molar-refractivity contribution in [2.45, 2.75) is 44.9 Å². The fraction of sp³-hybridized carbons (Fsp3) is 0.476. The highest BCUT2D eigenvalue weighted by atomic mass is 16.1. The number of Topliss-reactive ketones (excluding diaryl/α,β-unsaturated/α-hetero) is 1. The van der Waals surface area contributed by atoms with Crippen LogP contribution >= 0.6 is 0 Å². The van der Waals surface area contributed by atoms with Crippen LogP contribution in [0.5, 0.6) is 0 Å². The molecule has 1 aliphatic heterocycles. The first kappa shape index (κ1) is 16.2. The smallest absolute Gasteiger partial charge is 0.162 e. The molecule has 0 bridgehead atoms. The third-order valence-electron chi connectivity index (χ3n) is 4.90. The molecule has 2 aromatic carbocycles. The molecule has 0 unspecified atom stereocenters. The monoisotopic (exact) mass is 309 g/mol. The Bertz CT molecular complexity index is 641. The summed E-state index contributed by atoms with van der Waals surface area (Å²) in [6.07, 6.45) is 8.27. The number of fused-ring (bicyclic) bond motifs is 1. The first-order valence-corrected chi connectivity index (χ1v) is 9.07. The summed E-state index contributed by atoms with van der Waals surface area (Å²) in [6.45, 7) is 3.66. The highest BCUT2D eigenvalue weighted by Gasteiger charge is 2.10. The Labute approximate surface area is 139 Å². The minimum atomic E-state index is 0.284. The number of rotatable bonds is 6. The van der Waals surface area contributed by atoms with E-state index in [0.717, 1.165) is 30.3 Å². The molecule has 0 radical (unpaired) electrons. The molecule has 0 amide bonds. The molecule has 122 valence electrons. The van der Waals surface area contributed by atoms with Gasteiger partial charge in [-0.05, 0) is 62.2 Å². The number of hydrogen-bond acceptors (Lipinski definition) is 2. The van der Waals surface area contributed by atoms with Crippen LogP contribution < -0.4 is 0 Å². The van der Waals surface area contributed by atoms with Gasteiger partial charge in [0.15, 0.2) is 5.78 Å². The number of hydrogen-bond donors (Lipinski definition) is 0. The molecule has 2 nitrogen and oxygen atoms in total. The van der Waals surface area contributed by atoms with Gasteiger partial charge in [-0.2, -0.15) is 0 Å². The normalized spacial score (nSPS) is 16.3. The van der Waals surface area contributed by atoms with Crippen molar-refractivity contribution in [3.05, 3.63) is 48.0 Å². The number of likely N-dealkylation sites (tertiary alicyclic amines) is 1. The fourth-order valence-electron chi connectivity index (χ4n) is 3.49. The quantitative estimate of drug-likeness (QED) is 0.548. The van der Waals surface area contributed by atoms with E-state index < -0.39 is 0 Å². The molecule has 1 fully saturated rings. The molecule has 3 rings (SSSR count). The van der Waals surface area contributed by atoms with Gasteiger partial charge in [-0.1, -0.05) is 49.2 Å². The number of unbranched alkanes of at least 4 members (excludes halogenated alkanes) is 1. The number of benzene rings is 2. The number of ketones is 1. The minimum absolute atomic E-state index is 0.284. The van der Waals surface area contributed by atoms with Gasteiger partial charge in [0, 0.05) is 12.0 Å². The van der Waals surface area contributed by atoms with E-state index in [-0.39, 0.29) is 5.78 Å². The molecule has 23 heavy (non-hydrogen) atoms. The third-order valence-corrected chi connectivity index (χ3v) is 4.90. The zero-order chi connectivity index (χ0) is 15.9. The molecule has 0 aromatic heterocycles. The molecular weight excluding hydrogens is 282 g/mol. The Balaban J connectivity index is 1.46. The third kappa shape index (κ3) is 4.65. The second kappa shape index (κ2) is 8.26. The van der Waals surface area contributed by atoms with Gasteiger partial charge >= 0.3 is 0 Å². The zero-order valence-electron chi connectivity index (χ0n) is 14.0. The molecule has 1 aliphatic rings. The highest BCUT2D eigenvalue weighted by Crippen LogP contribution is 2.17. The molecule has 0 atom stereocenters. The maximum absolute atomic E-state index is 12.4. The molecule has 2 aromatic rings. The van der Waals surface area contributed by atoms with Crippen molar-refractivity contribution in [2.75, 3.05) is 19.6 Å². The van der Waals surface area contributed by atoms with E-state index in [1.54, 1.807) is 0 Å². The summed E-state index contributed by atoms with van der Waals surface area (Å²) in [5, 5.41) is 2.35. The van der Waals surface area contributed by atoms with E-state index in [0.29, 0.717) is 6.42 Å². The number of carbonyl (C=O) groups is 1. The van der Waals surface area contributed by atoms with Gasteiger partial charge in [0.1, 0.15) is 0 Å². The van der Waals surface area contributed by atoms with Crippen LogP contribution in [0.3, 0.4) is 0 Å². The maximum Gasteiger partial charge on any atom is 0.162 e. The van der Waals surface area contributed by atoms with Crippen molar-refractivity contribution in [1.82, 2.24) is 4.90 Å². The van der Waals surface area contributed by atoms with E-state index >= 15 is 0 Å². The van der Waals surface area contributed by atoms with Crippen LogP contribution in [-0.4, -0.2) is 30.3 Å². The Kier molecular flexibility index (Phi) is 5.82. The molecule has 0 aliphatic carbocycles. The van der Waals surface area contributed by atoms with Crippen LogP contribution in [0.1, 0.15) is 55.3 Å². The lowest BCUT2D eigenvalue weighted by Crippen LogP contribution is -2.25. The SMILES string of the molecule is O=C(CCCCN1CCCCCC1)c1ccc2ccccc2c1. The maximum atomic E-state index is 12.4. The standard InChI is InChI=1S/C21H27NO/c23-21(11-5-8-16-22-14-6-1-2-7-15-22)20-13-12-18-9-3-4-10-19(18)17-20/h3-4,9-10,12-13,17H,1-2,5-8,11,14-16H2. The second-order valence-electron chi connectivity index (χ2n) is 6.70. The Morgan fingerprint density at radius 3 is 2.39 bits per heavy atom. The molecule has 0 N–H and O–H groups in total. The van der Waals surface area contributed by atoms with Gasteiger partial charge in [-0.25, -0.2) is 0 Å². The molecule has 0 saturated carbocycles. The van der Waals surface area contributed by atoms with E-state index in [9.17, 15) is 4.79 Å². The molecule has 2 heteroatoms. The lowest BCUT2D eigenvalue weighted by atomic mass is 10.0. The predicted octanol–water partition coefficient (Wildman–Crippen LogP) is 5.07. The van der Waals surface area contributed by atoms with Crippen molar-refractivity contribution in [3.63, 3.8) is 0 Å². The summed E-state index contributed by atoms with van der Waals surface area (Å²) in [5.74, 6) is 0.284. The lowest BCUT2D eigenvalue weighted by Gasteiger charge is -2.19. The van der Waals surface area contributed by atoms with Crippen molar-refractivity contribution < 1.29 is 4.79 Å². The summed E-state index contributed by atoms with van der Waals surface area (Å²) >= 11 is 0. The van der Waals surface area contributed by atoms with Gasteiger partial charge in [-0.3, -0.25) is 4.79 Å². The summed E-state index contributed by atoms with van der Waals surface area (Å²) in [7, 11) is 0. The van der Waals surface area contributed by atoms with Crippen molar-refractivity contribution in [1.29, 1.82) is 0 Å². The van der Waals surface area contributed by atoms with Crippen LogP contribution in [0.2, 0.25) is 0 Å². The first-order valence-electron chi connectivity index (χ1n) is 9.07. The molecule has 1 saturated heterocycles. The van der Waals surface area contributed by atoms with Gasteiger partial charge in [0.05, 0.1) is 0 Å². The molecule has 0 spiro atoms. The van der Waals surface area contributed by atoms with Gasteiger partial charge in [0.2, 0.25) is 0 Å². The summed E-state index contributed by atoms with van der Waals surface area (Å²) in [5.41, 5.74) is 0.860. The van der Waals surface area contributed by atoms with Crippen molar-refractivity contribution in [3.8, 4) is 0 Å². The first-order chi connectivity index (χ1) is 11.3. The summed E-state index contributed by atoms with van der Waals surface area (Å²) in [4.78, 5) is 15.0. The zero-order valence-corrected chi connectivity index (χ0v) is 14.0. The number of carbonyl (C=O) groups excluding carboxylic acids is 1. The van der Waals surface area contributed by atoms with Crippen molar-refractivity contribution >= 4 is 16.6 Å². The van der Waals surface area contributed by atoms with E-state index in [1.807, 2.05) is 24.3 Å². The predicted molar refractivity (Wildman–Crippen MR) is 97.0 cm³/mol. The van der Waals surface area contributed by atoms with Crippen LogP contribution in [-0.2, 0) is 0 Å². The van der Waals surface area contributed by atoms with E-state index in [1.165, 1.54) is 44.2 Å². The van der Waals surface area contributed by atoms with Gasteiger partial charge in [0.25, 0.3) is 0 Å². The molecular formula is C21H27NO. The van der Waals surface area contributed by atoms with Crippen LogP contribution in [0, 0.1) is 0 Å². The van der Waals surface area contributed by atoms with Gasteiger partial charge in [-0.15, -0.1) is 0 Å². The van der Waals surface area contributed by atoms with E-state index in [4.69, 9.17) is 0 Å². The number of nitrogens with zero attached hydrogens (tertiary/aromatic N) is 1. The Morgan fingerprint density at radius 1 is 0.870 bits per heavy atom. The average molecular weight is 309 g/mol. The van der Waals surface area contributed by atoms with Crippen molar-refractivity contribution in [2.24, 2.45) is 0 Å². The van der Waals surface area contributed by atoms with Gasteiger partial charge < -0.3 is 4.90 Å². The Hall–Kier alpha value is -1.67. The largest absolute Gasteiger partial charge is 0.303 e. The topological polar surface area (TPSA) is 20.3 Å². The Morgan fingerprint density at radius 2 is 1.61 bits per heavy atom. The van der Waals surface area contributed by atoms with E-state index in [2.05, 4.69) is 23.1 Å². The lowest BCUT2D eigenvalue weighted by molar-refractivity contribution is 0.0978. The second-order valence-corrected chi connectivity index (χ2v) is 6.70. The van der Waals surface area contributed by atoms with Crippen LogP contribution in [0.15, 0.2) is 42.5 Å². The molecule has 1 heterocycles. The fourth-order valence-corrected chi connectivity index (χ4v) is 3.49. The average Bonchev–Trinajstić information content (AvgIpc) is 2.87. The van der Waals surface area contributed by atoms with Crippen LogP contribution in [0.4, 0.5) is 0 Å². The minimum Gasteiger partial charge on any atom is -0.303 e. The summed E-state index contributed by atoms with van der Waals surface area (Å²) in [6, 6.07) is 14.3. The van der Waals surface area contributed by atoms with Crippen LogP contribution in [0.25, 0.3) is 10.8 Å². The highest BCUT2D eigenvalue weighted by molar-refractivity contribution is 5.99.